The summed E-state index contributed by atoms with van der Waals surface area (Å²) >= 11 is 0. The first-order valence-electron chi connectivity index (χ1n) is 6.93. The summed E-state index contributed by atoms with van der Waals surface area (Å²) in [7, 11) is 0. The minimum Gasteiger partial charge on any atom is -0.481 e. The molecule has 0 radical (unpaired) electrons. The van der Waals surface area contributed by atoms with Crippen molar-refractivity contribution in [3.63, 3.8) is 0 Å². The van der Waals surface area contributed by atoms with Crippen molar-refractivity contribution < 1.29 is 19.4 Å². The fourth-order valence-corrected chi connectivity index (χ4v) is 2.37. The van der Waals surface area contributed by atoms with Crippen LogP contribution in [0.1, 0.15) is 46.5 Å². The number of carbonyl (C=O) groups excluding carboxylic acids is 1. The summed E-state index contributed by atoms with van der Waals surface area (Å²) in [6.07, 6.45) is 3.32. The summed E-state index contributed by atoms with van der Waals surface area (Å²) < 4.78 is 5.20. The van der Waals surface area contributed by atoms with Crippen molar-refractivity contribution in [1.29, 1.82) is 0 Å². The molecule has 0 unspecified atom stereocenters. The van der Waals surface area contributed by atoms with Crippen molar-refractivity contribution in [2.75, 3.05) is 13.1 Å². The summed E-state index contributed by atoms with van der Waals surface area (Å²) in [4.78, 5) is 22.3. The van der Waals surface area contributed by atoms with Gasteiger partial charge in [-0.3, -0.25) is 9.59 Å². The highest BCUT2D eigenvalue weighted by Crippen LogP contribution is 2.28. The van der Waals surface area contributed by atoms with Crippen LogP contribution in [-0.2, 0) is 14.3 Å². The molecule has 0 spiro atoms. The van der Waals surface area contributed by atoms with E-state index in [2.05, 4.69) is 5.32 Å². The second-order valence-electron chi connectivity index (χ2n) is 6.27. The normalized spacial score (nSPS) is 23.9. The zero-order chi connectivity index (χ0) is 14.5. The van der Waals surface area contributed by atoms with Gasteiger partial charge in [0.15, 0.2) is 0 Å². The zero-order valence-electron chi connectivity index (χ0n) is 12.1. The van der Waals surface area contributed by atoms with E-state index in [9.17, 15) is 9.59 Å². The molecule has 1 rings (SSSR count). The van der Waals surface area contributed by atoms with E-state index in [1.54, 1.807) is 0 Å². The highest BCUT2D eigenvalue weighted by molar-refractivity contribution is 5.72. The van der Waals surface area contributed by atoms with Crippen LogP contribution < -0.4 is 5.32 Å². The van der Waals surface area contributed by atoms with Crippen molar-refractivity contribution in [3.05, 3.63) is 0 Å². The minimum atomic E-state index is -0.680. The molecular weight excluding hydrogens is 246 g/mol. The van der Waals surface area contributed by atoms with Gasteiger partial charge in [0, 0.05) is 0 Å². The standard InChI is InChI=1S/C14H25NO4/c1-14(2,3)19-12(16)9-15-8-10-4-6-11(7-5-10)13(17)18/h10-11,15H,4-9H2,1-3H3,(H,17,18). The Morgan fingerprint density at radius 1 is 1.21 bits per heavy atom. The zero-order valence-corrected chi connectivity index (χ0v) is 12.1. The maximum atomic E-state index is 11.5. The Hall–Kier alpha value is -1.10. The van der Waals surface area contributed by atoms with E-state index < -0.39 is 11.6 Å². The van der Waals surface area contributed by atoms with Crippen LogP contribution in [-0.4, -0.2) is 35.7 Å². The van der Waals surface area contributed by atoms with E-state index in [0.29, 0.717) is 5.92 Å². The van der Waals surface area contributed by atoms with E-state index in [1.165, 1.54) is 0 Å². The van der Waals surface area contributed by atoms with E-state index in [4.69, 9.17) is 9.84 Å². The lowest BCUT2D eigenvalue weighted by atomic mass is 9.82. The molecule has 0 saturated heterocycles. The van der Waals surface area contributed by atoms with Gasteiger partial charge in [0.25, 0.3) is 0 Å². The van der Waals surface area contributed by atoms with Crippen LogP contribution in [0, 0.1) is 11.8 Å². The number of esters is 1. The summed E-state index contributed by atoms with van der Waals surface area (Å²) in [6, 6.07) is 0. The van der Waals surface area contributed by atoms with Crippen LogP contribution in [0.25, 0.3) is 0 Å². The largest absolute Gasteiger partial charge is 0.481 e. The Labute approximate surface area is 114 Å². The molecule has 19 heavy (non-hydrogen) atoms. The lowest BCUT2D eigenvalue weighted by Gasteiger charge is -2.26. The topological polar surface area (TPSA) is 75.6 Å². The van der Waals surface area contributed by atoms with Crippen molar-refractivity contribution in [2.45, 2.75) is 52.1 Å². The maximum absolute atomic E-state index is 11.5. The Balaban J connectivity index is 2.14. The third-order valence-corrected chi connectivity index (χ3v) is 3.32. The van der Waals surface area contributed by atoms with Crippen molar-refractivity contribution >= 4 is 11.9 Å². The van der Waals surface area contributed by atoms with Crippen molar-refractivity contribution in [3.8, 4) is 0 Å². The number of carboxylic acids is 1. The molecule has 0 bridgehead atoms. The predicted molar refractivity (Wildman–Crippen MR) is 71.8 cm³/mol. The molecule has 0 aromatic carbocycles. The molecule has 0 aliphatic heterocycles. The summed E-state index contributed by atoms with van der Waals surface area (Å²) in [6.45, 7) is 6.51. The number of hydrogen-bond donors (Lipinski definition) is 2. The number of aliphatic carboxylic acids is 1. The van der Waals surface area contributed by atoms with Gasteiger partial charge in [-0.15, -0.1) is 0 Å². The molecule has 0 heterocycles. The molecule has 2 N–H and O–H groups in total. The van der Waals surface area contributed by atoms with Gasteiger partial charge in [-0.25, -0.2) is 0 Å². The van der Waals surface area contributed by atoms with Gasteiger partial charge in [0.2, 0.25) is 0 Å². The van der Waals surface area contributed by atoms with Gasteiger partial charge in [0.05, 0.1) is 12.5 Å². The van der Waals surface area contributed by atoms with Gasteiger partial charge in [-0.2, -0.15) is 0 Å². The summed E-state index contributed by atoms with van der Waals surface area (Å²) in [5, 5.41) is 12.0. The molecular formula is C14H25NO4. The fraction of sp³-hybridized carbons (Fsp3) is 0.857. The summed E-state index contributed by atoms with van der Waals surface area (Å²) in [5.74, 6) is -0.632. The Bertz CT molecular complexity index is 314. The van der Waals surface area contributed by atoms with Crippen LogP contribution >= 0.6 is 0 Å². The van der Waals surface area contributed by atoms with E-state index in [-0.39, 0.29) is 18.4 Å². The van der Waals surface area contributed by atoms with Crippen LogP contribution in [0.5, 0.6) is 0 Å². The highest BCUT2D eigenvalue weighted by Gasteiger charge is 2.25. The highest BCUT2D eigenvalue weighted by atomic mass is 16.6. The average molecular weight is 271 g/mol. The smallest absolute Gasteiger partial charge is 0.320 e. The molecule has 1 aliphatic rings. The number of nitrogens with one attached hydrogen (secondary N) is 1. The van der Waals surface area contributed by atoms with Gasteiger partial charge in [-0.05, 0) is 58.9 Å². The number of carboxylic acid groups (broad SMARTS) is 1. The molecule has 5 heteroatoms. The molecule has 0 aromatic rings. The van der Waals surface area contributed by atoms with E-state index >= 15 is 0 Å². The molecule has 0 aromatic heterocycles. The lowest BCUT2D eigenvalue weighted by molar-refractivity contribution is -0.153. The maximum Gasteiger partial charge on any atom is 0.320 e. The van der Waals surface area contributed by atoms with Crippen molar-refractivity contribution in [1.82, 2.24) is 5.32 Å². The third kappa shape index (κ3) is 6.57. The first-order valence-corrected chi connectivity index (χ1v) is 6.93. The molecule has 1 aliphatic carbocycles. The Morgan fingerprint density at radius 3 is 2.26 bits per heavy atom. The first-order chi connectivity index (χ1) is 8.78. The molecule has 0 amide bonds. The molecule has 110 valence electrons. The van der Waals surface area contributed by atoms with E-state index in [1.807, 2.05) is 20.8 Å². The second kappa shape index (κ2) is 6.89. The van der Waals surface area contributed by atoms with Crippen LogP contribution in [0.2, 0.25) is 0 Å². The van der Waals surface area contributed by atoms with E-state index in [0.717, 1.165) is 32.2 Å². The Kier molecular flexibility index (Phi) is 5.79. The molecule has 0 atom stereocenters. The third-order valence-electron chi connectivity index (χ3n) is 3.32. The monoisotopic (exact) mass is 271 g/mol. The molecule has 5 nitrogen and oxygen atoms in total. The second-order valence-corrected chi connectivity index (χ2v) is 6.27. The molecule has 1 fully saturated rings. The first kappa shape index (κ1) is 16.0. The van der Waals surface area contributed by atoms with Gasteiger partial charge in [-0.1, -0.05) is 0 Å². The summed E-state index contributed by atoms with van der Waals surface area (Å²) in [5.41, 5.74) is -0.446. The number of ether oxygens (including phenoxy) is 1. The Morgan fingerprint density at radius 2 is 1.79 bits per heavy atom. The van der Waals surface area contributed by atoms with Crippen LogP contribution in [0.15, 0.2) is 0 Å². The molecule has 1 saturated carbocycles. The quantitative estimate of drug-likeness (QED) is 0.746. The van der Waals surface area contributed by atoms with Crippen LogP contribution in [0.4, 0.5) is 0 Å². The van der Waals surface area contributed by atoms with Gasteiger partial charge >= 0.3 is 11.9 Å². The van der Waals surface area contributed by atoms with Crippen LogP contribution in [0.3, 0.4) is 0 Å². The van der Waals surface area contributed by atoms with Gasteiger partial charge < -0.3 is 15.2 Å². The van der Waals surface area contributed by atoms with Crippen molar-refractivity contribution in [2.24, 2.45) is 11.8 Å². The number of carbonyl (C=O) groups is 2. The predicted octanol–water partition coefficient (Wildman–Crippen LogP) is 1.81. The lowest BCUT2D eigenvalue weighted by Crippen LogP contribution is -2.35. The number of rotatable bonds is 5. The average Bonchev–Trinajstić information content (AvgIpc) is 2.27. The fourth-order valence-electron chi connectivity index (χ4n) is 2.37. The number of hydrogen-bond acceptors (Lipinski definition) is 4. The van der Waals surface area contributed by atoms with Gasteiger partial charge in [0.1, 0.15) is 5.60 Å². The SMILES string of the molecule is CC(C)(C)OC(=O)CNCC1CCC(C(=O)O)CC1. The minimum absolute atomic E-state index is 0.179.